The predicted octanol–water partition coefficient (Wildman–Crippen LogP) is 1.85. The second-order valence-electron chi connectivity index (χ2n) is 5.11. The lowest BCUT2D eigenvalue weighted by atomic mass is 10.0. The van der Waals surface area contributed by atoms with E-state index >= 15 is 0 Å². The number of Topliss-reactive ketones (excluding diaryl/α,β-unsaturated/α-hetero) is 1. The monoisotopic (exact) mass is 263 g/mol. The fourth-order valence-corrected chi connectivity index (χ4v) is 2.54. The second-order valence-corrected chi connectivity index (χ2v) is 5.11. The average molecular weight is 263 g/mol. The van der Waals surface area contributed by atoms with Crippen LogP contribution < -0.4 is 4.74 Å². The molecule has 1 N–H and O–H groups in total. The molecule has 1 atom stereocenters. The highest BCUT2D eigenvalue weighted by molar-refractivity contribution is 5.94. The first-order chi connectivity index (χ1) is 9.10. The smallest absolute Gasteiger partial charge is 0.159 e. The van der Waals surface area contributed by atoms with Gasteiger partial charge in [-0.3, -0.25) is 9.69 Å². The number of ketones is 1. The van der Waals surface area contributed by atoms with E-state index in [1.54, 1.807) is 20.1 Å². The van der Waals surface area contributed by atoms with Crippen molar-refractivity contribution in [1.82, 2.24) is 4.90 Å². The number of carbonyl (C=O) groups is 1. The third-order valence-electron chi connectivity index (χ3n) is 3.56. The highest BCUT2D eigenvalue weighted by atomic mass is 16.5. The molecule has 1 fully saturated rings. The molecule has 1 saturated heterocycles. The van der Waals surface area contributed by atoms with Crippen LogP contribution in [0.25, 0.3) is 0 Å². The van der Waals surface area contributed by atoms with Crippen molar-refractivity contribution in [1.29, 1.82) is 0 Å². The Hall–Kier alpha value is -1.39. The Morgan fingerprint density at radius 3 is 2.95 bits per heavy atom. The molecule has 4 heteroatoms. The zero-order chi connectivity index (χ0) is 13.8. The summed E-state index contributed by atoms with van der Waals surface area (Å²) in [6.07, 6.45) is 1.65. The van der Waals surface area contributed by atoms with E-state index in [2.05, 4.69) is 4.90 Å². The molecule has 0 spiro atoms. The lowest BCUT2D eigenvalue weighted by molar-refractivity contribution is 0.0664. The number of ether oxygens (including phenoxy) is 1. The third-order valence-corrected chi connectivity index (χ3v) is 3.56. The van der Waals surface area contributed by atoms with Gasteiger partial charge in [0.2, 0.25) is 0 Å². The molecule has 0 saturated carbocycles. The van der Waals surface area contributed by atoms with E-state index in [0.29, 0.717) is 18.7 Å². The molecule has 0 amide bonds. The largest absolute Gasteiger partial charge is 0.496 e. The molecule has 1 aliphatic heterocycles. The Morgan fingerprint density at radius 2 is 2.32 bits per heavy atom. The Kier molecular flexibility index (Phi) is 4.56. The van der Waals surface area contributed by atoms with E-state index in [-0.39, 0.29) is 11.9 Å². The van der Waals surface area contributed by atoms with Crippen LogP contribution in [-0.2, 0) is 6.54 Å². The third kappa shape index (κ3) is 3.55. The van der Waals surface area contributed by atoms with Gasteiger partial charge in [0.15, 0.2) is 5.78 Å². The molecule has 1 aromatic carbocycles. The first-order valence-electron chi connectivity index (χ1n) is 6.68. The molecule has 0 aliphatic carbocycles. The van der Waals surface area contributed by atoms with Crippen molar-refractivity contribution in [2.24, 2.45) is 0 Å². The van der Waals surface area contributed by atoms with Crippen LogP contribution in [0.1, 0.15) is 35.7 Å². The summed E-state index contributed by atoms with van der Waals surface area (Å²) >= 11 is 0. The Morgan fingerprint density at radius 1 is 1.53 bits per heavy atom. The molecule has 1 aromatic rings. The van der Waals surface area contributed by atoms with Crippen LogP contribution in [-0.4, -0.2) is 42.1 Å². The normalized spacial score (nSPS) is 20.3. The molecule has 0 unspecified atom stereocenters. The van der Waals surface area contributed by atoms with Gasteiger partial charge in [-0.15, -0.1) is 0 Å². The molecule has 2 rings (SSSR count). The minimum atomic E-state index is -0.240. The minimum Gasteiger partial charge on any atom is -0.496 e. The van der Waals surface area contributed by atoms with Crippen molar-refractivity contribution >= 4 is 5.78 Å². The van der Waals surface area contributed by atoms with E-state index in [4.69, 9.17) is 4.74 Å². The summed E-state index contributed by atoms with van der Waals surface area (Å²) < 4.78 is 5.35. The van der Waals surface area contributed by atoms with Crippen LogP contribution >= 0.6 is 0 Å². The van der Waals surface area contributed by atoms with E-state index in [1.165, 1.54) is 0 Å². The van der Waals surface area contributed by atoms with Crippen LogP contribution in [0.3, 0.4) is 0 Å². The van der Waals surface area contributed by atoms with E-state index < -0.39 is 0 Å². The van der Waals surface area contributed by atoms with Gasteiger partial charge in [-0.1, -0.05) is 0 Å². The Bertz CT molecular complexity index is 459. The van der Waals surface area contributed by atoms with Gasteiger partial charge in [-0.2, -0.15) is 0 Å². The van der Waals surface area contributed by atoms with Crippen LogP contribution in [0.15, 0.2) is 18.2 Å². The van der Waals surface area contributed by atoms with E-state index in [0.717, 1.165) is 30.7 Å². The fourth-order valence-electron chi connectivity index (χ4n) is 2.54. The summed E-state index contributed by atoms with van der Waals surface area (Å²) in [4.78, 5) is 13.7. The molecule has 0 aromatic heterocycles. The predicted molar refractivity (Wildman–Crippen MR) is 73.5 cm³/mol. The first kappa shape index (κ1) is 14.0. The summed E-state index contributed by atoms with van der Waals surface area (Å²) in [7, 11) is 1.64. The van der Waals surface area contributed by atoms with Crippen LogP contribution in [0.5, 0.6) is 5.75 Å². The Balaban J connectivity index is 2.17. The number of hydrogen-bond acceptors (Lipinski definition) is 4. The molecular formula is C15H21NO3. The SMILES string of the molecule is COc1ccc(C(C)=O)cc1CN1CCC[C@H](O)C1. The fraction of sp³-hybridized carbons (Fsp3) is 0.533. The summed E-state index contributed by atoms with van der Waals surface area (Å²) in [6.45, 7) is 3.94. The molecule has 0 radical (unpaired) electrons. The maximum atomic E-state index is 11.4. The number of rotatable bonds is 4. The lowest BCUT2D eigenvalue weighted by Crippen LogP contribution is -2.37. The van der Waals surface area contributed by atoms with Gasteiger partial charge in [-0.25, -0.2) is 0 Å². The summed E-state index contributed by atoms with van der Waals surface area (Å²) in [6, 6.07) is 5.52. The molecule has 0 bridgehead atoms. The van der Waals surface area contributed by atoms with Gasteiger partial charge in [0.1, 0.15) is 5.75 Å². The average Bonchev–Trinajstić information content (AvgIpc) is 2.38. The number of aliphatic hydroxyl groups excluding tert-OH is 1. The highest BCUT2D eigenvalue weighted by Gasteiger charge is 2.19. The number of methoxy groups -OCH3 is 1. The molecule has 104 valence electrons. The molecule has 19 heavy (non-hydrogen) atoms. The minimum absolute atomic E-state index is 0.0579. The van der Waals surface area contributed by atoms with E-state index in [9.17, 15) is 9.90 Å². The van der Waals surface area contributed by atoms with Crippen molar-refractivity contribution in [3.05, 3.63) is 29.3 Å². The van der Waals surface area contributed by atoms with Crippen LogP contribution in [0, 0.1) is 0 Å². The zero-order valence-corrected chi connectivity index (χ0v) is 11.6. The van der Waals surface area contributed by atoms with Crippen molar-refractivity contribution in [3.8, 4) is 5.75 Å². The second kappa shape index (κ2) is 6.17. The molecule has 1 heterocycles. The number of likely N-dealkylation sites (tertiary alicyclic amines) is 1. The zero-order valence-electron chi connectivity index (χ0n) is 11.6. The number of benzene rings is 1. The highest BCUT2D eigenvalue weighted by Crippen LogP contribution is 2.23. The van der Waals surface area contributed by atoms with E-state index in [1.807, 2.05) is 12.1 Å². The summed E-state index contributed by atoms with van der Waals surface area (Å²) in [5.41, 5.74) is 1.71. The van der Waals surface area contributed by atoms with Gasteiger partial charge in [0, 0.05) is 24.2 Å². The maximum absolute atomic E-state index is 11.4. The Labute approximate surface area is 114 Å². The molecular weight excluding hydrogens is 242 g/mol. The number of nitrogens with zero attached hydrogens (tertiary/aromatic N) is 1. The summed E-state index contributed by atoms with van der Waals surface area (Å²) in [5.74, 6) is 0.854. The van der Waals surface area contributed by atoms with Gasteiger partial charge < -0.3 is 9.84 Å². The quantitative estimate of drug-likeness (QED) is 0.842. The number of hydrogen-bond donors (Lipinski definition) is 1. The van der Waals surface area contributed by atoms with Gasteiger partial charge >= 0.3 is 0 Å². The lowest BCUT2D eigenvalue weighted by Gasteiger charge is -2.30. The number of β-amino-alcohol motifs (C(OH)–C–C–N with tert-alkyl or cyclic N) is 1. The molecule has 4 nitrogen and oxygen atoms in total. The van der Waals surface area contributed by atoms with Crippen LogP contribution in [0.4, 0.5) is 0 Å². The van der Waals surface area contributed by atoms with Crippen molar-refractivity contribution < 1.29 is 14.6 Å². The molecule has 1 aliphatic rings. The maximum Gasteiger partial charge on any atom is 0.159 e. The number of carbonyl (C=O) groups excluding carboxylic acids is 1. The van der Waals surface area contributed by atoms with Crippen molar-refractivity contribution in [2.75, 3.05) is 20.2 Å². The van der Waals surface area contributed by atoms with Gasteiger partial charge in [-0.05, 0) is 44.5 Å². The first-order valence-corrected chi connectivity index (χ1v) is 6.68. The van der Waals surface area contributed by atoms with Gasteiger partial charge in [0.05, 0.1) is 13.2 Å². The topological polar surface area (TPSA) is 49.8 Å². The standard InChI is InChI=1S/C15H21NO3/c1-11(17)12-5-6-15(19-2)13(8-12)9-16-7-3-4-14(18)10-16/h5-6,8,14,18H,3-4,7,9-10H2,1-2H3/t14-/m0/s1. The summed E-state index contributed by atoms with van der Waals surface area (Å²) in [5, 5.41) is 9.70. The van der Waals surface area contributed by atoms with Crippen LogP contribution in [0.2, 0.25) is 0 Å². The number of aliphatic hydroxyl groups is 1. The van der Waals surface area contributed by atoms with Crippen molar-refractivity contribution in [2.45, 2.75) is 32.4 Å². The van der Waals surface area contributed by atoms with Crippen molar-refractivity contribution in [3.63, 3.8) is 0 Å². The number of piperidine rings is 1. The van der Waals surface area contributed by atoms with Gasteiger partial charge in [0.25, 0.3) is 0 Å².